The Hall–Kier alpha value is -0.440. The fourth-order valence-electron chi connectivity index (χ4n) is 1.57. The Bertz CT molecular complexity index is 443. The van der Waals surface area contributed by atoms with Gasteiger partial charge in [-0.05, 0) is 31.0 Å². The van der Waals surface area contributed by atoms with E-state index >= 15 is 0 Å². The van der Waals surface area contributed by atoms with E-state index in [4.69, 9.17) is 34.8 Å². The Kier molecular flexibility index (Phi) is 3.86. The number of hydrogen-bond donors (Lipinski definition) is 1. The van der Waals surface area contributed by atoms with Crippen LogP contribution in [0.4, 0.5) is 0 Å². The van der Waals surface area contributed by atoms with Crippen molar-refractivity contribution in [2.75, 3.05) is 12.4 Å². The van der Waals surface area contributed by atoms with Crippen molar-refractivity contribution in [3.05, 3.63) is 33.8 Å². The molecule has 0 spiro atoms. The average molecular weight is 293 g/mol. The Morgan fingerprint density at radius 1 is 1.35 bits per heavy atom. The molecule has 0 atom stereocenters. The molecule has 92 valence electrons. The Balaban J connectivity index is 2.02. The smallest absolute Gasteiger partial charge is 0.252 e. The lowest BCUT2D eigenvalue weighted by Gasteiger charge is -2.13. The molecule has 0 heterocycles. The number of nitrogens with one attached hydrogen (secondary N) is 1. The summed E-state index contributed by atoms with van der Waals surface area (Å²) in [6.07, 6.45) is 2.14. The van der Waals surface area contributed by atoms with Gasteiger partial charge in [-0.2, -0.15) is 0 Å². The van der Waals surface area contributed by atoms with Crippen LogP contribution in [0.5, 0.6) is 0 Å². The van der Waals surface area contributed by atoms with Crippen LogP contribution in [0.2, 0.25) is 10.0 Å². The minimum Gasteiger partial charge on any atom is -0.351 e. The molecule has 2 nitrogen and oxygen atoms in total. The maximum absolute atomic E-state index is 11.9. The monoisotopic (exact) mass is 291 g/mol. The zero-order valence-corrected chi connectivity index (χ0v) is 11.4. The highest BCUT2D eigenvalue weighted by atomic mass is 35.5. The number of rotatable bonds is 4. The van der Waals surface area contributed by atoms with Crippen molar-refractivity contribution in [3.63, 3.8) is 0 Å². The van der Waals surface area contributed by atoms with E-state index in [1.165, 1.54) is 0 Å². The van der Waals surface area contributed by atoms with Crippen LogP contribution >= 0.6 is 34.8 Å². The number of alkyl halides is 1. The molecular weight excluding hydrogens is 280 g/mol. The molecule has 1 amide bonds. The molecule has 0 saturated heterocycles. The van der Waals surface area contributed by atoms with Crippen LogP contribution in [0.15, 0.2) is 18.2 Å². The fourth-order valence-corrected chi connectivity index (χ4v) is 2.31. The van der Waals surface area contributed by atoms with Crippen LogP contribution in [0.3, 0.4) is 0 Å². The molecule has 0 aliphatic heterocycles. The number of hydrogen-bond acceptors (Lipinski definition) is 1. The molecule has 0 bridgehead atoms. The molecule has 1 N–H and O–H groups in total. The number of carbonyl (C=O) groups excluding carboxylic acids is 1. The summed E-state index contributed by atoms with van der Waals surface area (Å²) in [5.74, 6) is 0.380. The van der Waals surface area contributed by atoms with Gasteiger partial charge in [-0.25, -0.2) is 0 Å². The first-order valence-electron chi connectivity index (χ1n) is 5.36. The summed E-state index contributed by atoms with van der Waals surface area (Å²) in [4.78, 5) is 11.9. The zero-order valence-electron chi connectivity index (χ0n) is 9.10. The maximum atomic E-state index is 11.9. The molecule has 1 aromatic rings. The summed E-state index contributed by atoms with van der Waals surface area (Å²) < 4.78 is 0. The summed E-state index contributed by atoms with van der Waals surface area (Å²) in [5.41, 5.74) is 0.506. The molecular formula is C12H12Cl3NO. The topological polar surface area (TPSA) is 29.1 Å². The number of halogens is 3. The van der Waals surface area contributed by atoms with E-state index in [9.17, 15) is 4.79 Å². The highest BCUT2D eigenvalue weighted by Gasteiger charge is 2.41. The summed E-state index contributed by atoms with van der Waals surface area (Å²) in [6.45, 7) is 0.595. The summed E-state index contributed by atoms with van der Waals surface area (Å²) >= 11 is 17.6. The van der Waals surface area contributed by atoms with E-state index in [2.05, 4.69) is 5.32 Å². The predicted octanol–water partition coefficient (Wildman–Crippen LogP) is 3.74. The molecule has 17 heavy (non-hydrogen) atoms. The lowest BCUT2D eigenvalue weighted by molar-refractivity contribution is 0.0946. The molecule has 0 unspecified atom stereocenters. The Labute approximate surface area is 115 Å². The molecule has 5 heteroatoms. The van der Waals surface area contributed by atoms with Gasteiger partial charge in [-0.15, -0.1) is 11.6 Å². The fraction of sp³-hybridized carbons (Fsp3) is 0.417. The van der Waals surface area contributed by atoms with E-state index in [1.54, 1.807) is 18.2 Å². The van der Waals surface area contributed by atoms with Gasteiger partial charge in [-0.1, -0.05) is 23.2 Å². The summed E-state index contributed by atoms with van der Waals surface area (Å²) in [5, 5.41) is 3.76. The summed E-state index contributed by atoms with van der Waals surface area (Å²) in [7, 11) is 0. The van der Waals surface area contributed by atoms with Crippen LogP contribution < -0.4 is 5.32 Å². The minimum absolute atomic E-state index is 0.0995. The second kappa shape index (κ2) is 5.05. The van der Waals surface area contributed by atoms with Gasteiger partial charge in [0.2, 0.25) is 0 Å². The van der Waals surface area contributed by atoms with Gasteiger partial charge in [0, 0.05) is 22.9 Å². The molecule has 1 fully saturated rings. The third-order valence-corrected chi connectivity index (χ3v) is 4.17. The lowest BCUT2D eigenvalue weighted by Crippen LogP contribution is -2.31. The first-order chi connectivity index (χ1) is 8.06. The van der Waals surface area contributed by atoms with E-state index < -0.39 is 0 Å². The van der Waals surface area contributed by atoms with Crippen molar-refractivity contribution in [2.45, 2.75) is 12.8 Å². The van der Waals surface area contributed by atoms with Crippen LogP contribution in [0.25, 0.3) is 0 Å². The van der Waals surface area contributed by atoms with E-state index in [0.29, 0.717) is 28.0 Å². The molecule has 0 aromatic heterocycles. The highest BCUT2D eigenvalue weighted by Crippen LogP contribution is 2.45. The standard InChI is InChI=1S/C12H12Cl3NO/c13-6-12(3-4-12)7-16-11(17)9-5-8(14)1-2-10(9)15/h1-2,5H,3-4,6-7H2,(H,16,17). The largest absolute Gasteiger partial charge is 0.351 e. The van der Waals surface area contributed by atoms with Gasteiger partial charge < -0.3 is 5.32 Å². The number of benzene rings is 1. The predicted molar refractivity (Wildman–Crippen MR) is 71.2 cm³/mol. The van der Waals surface area contributed by atoms with Crippen molar-refractivity contribution in [1.29, 1.82) is 0 Å². The van der Waals surface area contributed by atoms with Crippen molar-refractivity contribution in [1.82, 2.24) is 5.32 Å². The minimum atomic E-state index is -0.200. The lowest BCUT2D eigenvalue weighted by atomic mass is 10.1. The molecule has 0 radical (unpaired) electrons. The maximum Gasteiger partial charge on any atom is 0.252 e. The second-order valence-electron chi connectivity index (χ2n) is 4.44. The van der Waals surface area contributed by atoms with Crippen LogP contribution in [0, 0.1) is 5.41 Å². The van der Waals surface area contributed by atoms with Gasteiger partial charge in [0.1, 0.15) is 0 Å². The molecule has 2 rings (SSSR count). The van der Waals surface area contributed by atoms with Gasteiger partial charge in [0.25, 0.3) is 5.91 Å². The quantitative estimate of drug-likeness (QED) is 0.842. The second-order valence-corrected chi connectivity index (χ2v) is 5.55. The van der Waals surface area contributed by atoms with Crippen LogP contribution in [0.1, 0.15) is 23.2 Å². The van der Waals surface area contributed by atoms with Gasteiger partial charge in [0.15, 0.2) is 0 Å². The van der Waals surface area contributed by atoms with E-state index in [0.717, 1.165) is 12.8 Å². The third kappa shape index (κ3) is 3.06. The van der Waals surface area contributed by atoms with Crippen molar-refractivity contribution >= 4 is 40.7 Å². The SMILES string of the molecule is O=C(NCC1(CCl)CC1)c1cc(Cl)ccc1Cl. The molecule has 1 saturated carbocycles. The van der Waals surface area contributed by atoms with Crippen molar-refractivity contribution < 1.29 is 4.79 Å². The van der Waals surface area contributed by atoms with Gasteiger partial charge in [0.05, 0.1) is 10.6 Å². The molecule has 1 aliphatic carbocycles. The third-order valence-electron chi connectivity index (χ3n) is 3.04. The van der Waals surface area contributed by atoms with Crippen molar-refractivity contribution in [3.8, 4) is 0 Å². The first kappa shape index (κ1) is 13.0. The van der Waals surface area contributed by atoms with Crippen LogP contribution in [-0.2, 0) is 0 Å². The van der Waals surface area contributed by atoms with Gasteiger partial charge >= 0.3 is 0 Å². The number of amides is 1. The van der Waals surface area contributed by atoms with Gasteiger partial charge in [-0.3, -0.25) is 4.79 Å². The normalized spacial score (nSPS) is 16.6. The van der Waals surface area contributed by atoms with E-state index in [-0.39, 0.29) is 11.3 Å². The average Bonchev–Trinajstić information content (AvgIpc) is 3.10. The van der Waals surface area contributed by atoms with Crippen LogP contribution in [-0.4, -0.2) is 18.3 Å². The summed E-state index contributed by atoms with van der Waals surface area (Å²) in [6, 6.07) is 4.84. The zero-order chi connectivity index (χ0) is 12.5. The van der Waals surface area contributed by atoms with Crippen molar-refractivity contribution in [2.24, 2.45) is 5.41 Å². The first-order valence-corrected chi connectivity index (χ1v) is 6.65. The van der Waals surface area contributed by atoms with E-state index in [1.807, 2.05) is 0 Å². The highest BCUT2D eigenvalue weighted by molar-refractivity contribution is 6.35. The Morgan fingerprint density at radius 2 is 2.06 bits per heavy atom. The molecule has 1 aliphatic rings. The number of carbonyl (C=O) groups is 1. The Morgan fingerprint density at radius 3 is 2.65 bits per heavy atom. The molecule has 1 aromatic carbocycles.